The number of benzene rings is 2. The van der Waals surface area contributed by atoms with E-state index in [-0.39, 0.29) is 24.8 Å². The molecule has 0 aliphatic rings. The second kappa shape index (κ2) is 9.60. The number of hydrogen-bond acceptors (Lipinski definition) is 2. The molecule has 138 valence electrons. The molecule has 0 bridgehead atoms. The van der Waals surface area contributed by atoms with Crippen molar-refractivity contribution in [3.05, 3.63) is 69.7 Å². The monoisotopic (exact) mass is 392 g/mol. The van der Waals surface area contributed by atoms with Crippen LogP contribution in [0.25, 0.3) is 0 Å². The molecule has 0 fully saturated rings. The summed E-state index contributed by atoms with van der Waals surface area (Å²) in [6.45, 7) is 4.33. The number of amides is 2. The van der Waals surface area contributed by atoms with Crippen LogP contribution in [0.5, 0.6) is 0 Å². The van der Waals surface area contributed by atoms with Gasteiger partial charge in [0.05, 0.1) is 6.42 Å². The van der Waals surface area contributed by atoms with Crippen molar-refractivity contribution in [2.45, 2.75) is 32.9 Å². The molecule has 2 aromatic rings. The predicted octanol–water partition coefficient (Wildman–Crippen LogP) is 4.09. The number of likely N-dealkylation sites (N-methyl/N-ethyl adjacent to an activating group) is 1. The van der Waals surface area contributed by atoms with Crippen molar-refractivity contribution in [3.63, 3.8) is 0 Å². The van der Waals surface area contributed by atoms with Gasteiger partial charge in [-0.2, -0.15) is 0 Å². The van der Waals surface area contributed by atoms with Crippen molar-refractivity contribution in [2.75, 3.05) is 6.54 Å². The van der Waals surface area contributed by atoms with Crippen LogP contribution in [-0.2, 0) is 22.6 Å². The SMILES string of the molecule is CCNC(=O)[C@H](C)N(Cc1ccccc1Cl)C(=O)Cc1cccc(Cl)c1. The van der Waals surface area contributed by atoms with E-state index in [0.717, 1.165) is 11.1 Å². The molecule has 1 N–H and O–H groups in total. The number of rotatable bonds is 7. The fourth-order valence-corrected chi connectivity index (χ4v) is 3.05. The number of nitrogens with zero attached hydrogens (tertiary/aromatic N) is 1. The first-order valence-corrected chi connectivity index (χ1v) is 9.23. The van der Waals surface area contributed by atoms with E-state index in [0.29, 0.717) is 16.6 Å². The molecule has 2 amide bonds. The van der Waals surface area contributed by atoms with Crippen molar-refractivity contribution >= 4 is 35.0 Å². The highest BCUT2D eigenvalue weighted by molar-refractivity contribution is 6.31. The van der Waals surface area contributed by atoms with E-state index in [4.69, 9.17) is 23.2 Å². The second-order valence-electron chi connectivity index (χ2n) is 5.99. The van der Waals surface area contributed by atoms with Gasteiger partial charge in [0.25, 0.3) is 0 Å². The lowest BCUT2D eigenvalue weighted by atomic mass is 10.1. The Balaban J connectivity index is 2.25. The van der Waals surface area contributed by atoms with Gasteiger partial charge in [-0.1, -0.05) is 53.5 Å². The van der Waals surface area contributed by atoms with Crippen molar-refractivity contribution in [1.82, 2.24) is 10.2 Å². The predicted molar refractivity (Wildman–Crippen MR) is 105 cm³/mol. The van der Waals surface area contributed by atoms with E-state index in [1.807, 2.05) is 31.2 Å². The van der Waals surface area contributed by atoms with Gasteiger partial charge in [-0.15, -0.1) is 0 Å². The summed E-state index contributed by atoms with van der Waals surface area (Å²) < 4.78 is 0. The topological polar surface area (TPSA) is 49.4 Å². The zero-order valence-corrected chi connectivity index (χ0v) is 16.3. The molecular weight excluding hydrogens is 371 g/mol. The first-order valence-electron chi connectivity index (χ1n) is 8.47. The van der Waals surface area contributed by atoms with E-state index in [2.05, 4.69) is 5.32 Å². The molecule has 0 radical (unpaired) electrons. The largest absolute Gasteiger partial charge is 0.355 e. The molecule has 0 aliphatic carbocycles. The molecule has 0 unspecified atom stereocenters. The third-order valence-electron chi connectivity index (χ3n) is 4.06. The summed E-state index contributed by atoms with van der Waals surface area (Å²) >= 11 is 12.2. The maximum absolute atomic E-state index is 12.9. The zero-order chi connectivity index (χ0) is 19.1. The molecule has 6 heteroatoms. The number of carbonyl (C=O) groups is 2. The molecule has 0 spiro atoms. The van der Waals surface area contributed by atoms with Gasteiger partial charge in [0.15, 0.2) is 0 Å². The zero-order valence-electron chi connectivity index (χ0n) is 14.8. The van der Waals surface area contributed by atoms with Crippen LogP contribution in [0, 0.1) is 0 Å². The Bertz CT molecular complexity index is 780. The number of hydrogen-bond donors (Lipinski definition) is 1. The molecule has 0 saturated heterocycles. The van der Waals surface area contributed by atoms with Crippen LogP contribution in [0.2, 0.25) is 10.0 Å². The normalized spacial score (nSPS) is 11.7. The van der Waals surface area contributed by atoms with E-state index in [9.17, 15) is 9.59 Å². The molecule has 4 nitrogen and oxygen atoms in total. The highest BCUT2D eigenvalue weighted by Gasteiger charge is 2.26. The minimum Gasteiger partial charge on any atom is -0.355 e. The van der Waals surface area contributed by atoms with Gasteiger partial charge in [-0.05, 0) is 43.2 Å². The fourth-order valence-electron chi connectivity index (χ4n) is 2.64. The fraction of sp³-hybridized carbons (Fsp3) is 0.300. The van der Waals surface area contributed by atoms with Gasteiger partial charge >= 0.3 is 0 Å². The lowest BCUT2D eigenvalue weighted by Gasteiger charge is -2.29. The van der Waals surface area contributed by atoms with Crippen molar-refractivity contribution < 1.29 is 9.59 Å². The van der Waals surface area contributed by atoms with E-state index in [1.54, 1.807) is 36.1 Å². The standard InChI is InChI=1S/C20H22Cl2N2O2/c1-3-23-20(26)14(2)24(13-16-8-4-5-10-18(16)22)19(25)12-15-7-6-9-17(21)11-15/h4-11,14H,3,12-13H2,1-2H3,(H,23,26)/t14-/m0/s1. The Morgan fingerprint density at radius 1 is 1.12 bits per heavy atom. The van der Waals surface area contributed by atoms with Gasteiger partial charge in [0.1, 0.15) is 6.04 Å². The maximum Gasteiger partial charge on any atom is 0.242 e. The van der Waals surface area contributed by atoms with Crippen LogP contribution in [0.1, 0.15) is 25.0 Å². The first kappa shape index (κ1) is 20.3. The van der Waals surface area contributed by atoms with Gasteiger partial charge in [0.2, 0.25) is 11.8 Å². The first-order chi connectivity index (χ1) is 12.4. The Morgan fingerprint density at radius 3 is 2.50 bits per heavy atom. The molecule has 1 atom stereocenters. The minimum atomic E-state index is -0.613. The Hall–Kier alpha value is -2.04. The second-order valence-corrected chi connectivity index (χ2v) is 6.83. The van der Waals surface area contributed by atoms with E-state index < -0.39 is 6.04 Å². The van der Waals surface area contributed by atoms with Gasteiger partial charge < -0.3 is 10.2 Å². The van der Waals surface area contributed by atoms with E-state index >= 15 is 0 Å². The van der Waals surface area contributed by atoms with Gasteiger partial charge in [-0.25, -0.2) is 0 Å². The third-order valence-corrected chi connectivity index (χ3v) is 4.67. The van der Waals surface area contributed by atoms with Gasteiger partial charge in [0, 0.05) is 23.1 Å². The van der Waals surface area contributed by atoms with Crippen molar-refractivity contribution in [2.24, 2.45) is 0 Å². The molecule has 26 heavy (non-hydrogen) atoms. The molecule has 0 saturated carbocycles. The number of nitrogens with one attached hydrogen (secondary N) is 1. The van der Waals surface area contributed by atoms with Crippen LogP contribution in [0.4, 0.5) is 0 Å². The average Bonchev–Trinajstić information content (AvgIpc) is 2.60. The van der Waals surface area contributed by atoms with Crippen LogP contribution >= 0.6 is 23.2 Å². The quantitative estimate of drug-likeness (QED) is 0.771. The third kappa shape index (κ3) is 5.48. The van der Waals surface area contributed by atoms with Crippen LogP contribution in [0.3, 0.4) is 0 Å². The van der Waals surface area contributed by atoms with Crippen LogP contribution in [0.15, 0.2) is 48.5 Å². The van der Waals surface area contributed by atoms with Crippen molar-refractivity contribution in [3.8, 4) is 0 Å². The highest BCUT2D eigenvalue weighted by atomic mass is 35.5. The number of carbonyl (C=O) groups excluding carboxylic acids is 2. The van der Waals surface area contributed by atoms with Gasteiger partial charge in [-0.3, -0.25) is 9.59 Å². The Kier molecular flexibility index (Phi) is 7.49. The maximum atomic E-state index is 12.9. The summed E-state index contributed by atoms with van der Waals surface area (Å²) in [5.41, 5.74) is 1.60. The molecule has 0 heterocycles. The lowest BCUT2D eigenvalue weighted by Crippen LogP contribution is -2.48. The van der Waals surface area contributed by atoms with Crippen LogP contribution in [-0.4, -0.2) is 29.3 Å². The van der Waals surface area contributed by atoms with Crippen molar-refractivity contribution in [1.29, 1.82) is 0 Å². The minimum absolute atomic E-state index is 0.161. The molecule has 2 rings (SSSR count). The van der Waals surface area contributed by atoms with Crippen LogP contribution < -0.4 is 5.32 Å². The lowest BCUT2D eigenvalue weighted by molar-refractivity contribution is -0.140. The summed E-state index contributed by atoms with van der Waals surface area (Å²) in [6.07, 6.45) is 0.161. The highest BCUT2D eigenvalue weighted by Crippen LogP contribution is 2.20. The van der Waals surface area contributed by atoms with E-state index in [1.165, 1.54) is 0 Å². The Morgan fingerprint density at radius 2 is 1.85 bits per heavy atom. The molecule has 0 aromatic heterocycles. The molecular formula is C20H22Cl2N2O2. The summed E-state index contributed by atoms with van der Waals surface area (Å²) in [6, 6.07) is 13.9. The summed E-state index contributed by atoms with van der Waals surface area (Å²) in [5.74, 6) is -0.357. The Labute approximate surface area is 164 Å². The average molecular weight is 393 g/mol. The summed E-state index contributed by atoms with van der Waals surface area (Å²) in [7, 11) is 0. The summed E-state index contributed by atoms with van der Waals surface area (Å²) in [4.78, 5) is 26.8. The summed E-state index contributed by atoms with van der Waals surface area (Å²) in [5, 5.41) is 3.91. The smallest absolute Gasteiger partial charge is 0.242 e. The number of halogens is 2. The molecule has 0 aliphatic heterocycles. The molecule has 2 aromatic carbocycles.